The molecule has 0 spiro atoms. The number of ether oxygens (including phenoxy) is 2. The van der Waals surface area contributed by atoms with Gasteiger partial charge in [0.05, 0.1) is 17.9 Å². The first kappa shape index (κ1) is 13.2. The Morgan fingerprint density at radius 1 is 1.55 bits per heavy atom. The molecule has 2 N–H and O–H groups in total. The van der Waals surface area contributed by atoms with Crippen LogP contribution in [0.3, 0.4) is 0 Å². The second-order valence-corrected chi connectivity index (χ2v) is 5.71. The van der Waals surface area contributed by atoms with Gasteiger partial charge in [-0.25, -0.2) is 4.98 Å². The van der Waals surface area contributed by atoms with E-state index in [1.807, 2.05) is 17.5 Å². The predicted molar refractivity (Wildman–Crippen MR) is 81.3 cm³/mol. The number of anilines is 2. The molecule has 0 saturated carbocycles. The molecule has 0 aliphatic carbocycles. The highest BCUT2D eigenvalue weighted by atomic mass is 32.1. The lowest BCUT2D eigenvalue weighted by molar-refractivity contribution is 0.160. The molecule has 0 saturated heterocycles. The molecule has 1 unspecified atom stereocenters. The van der Waals surface area contributed by atoms with Crippen LogP contribution in [0.5, 0.6) is 5.75 Å². The highest BCUT2D eigenvalue weighted by Crippen LogP contribution is 2.37. The summed E-state index contributed by atoms with van der Waals surface area (Å²) in [5, 5.41) is 2.54. The molecule has 1 aliphatic heterocycles. The Morgan fingerprint density at radius 2 is 2.40 bits per heavy atom. The van der Waals surface area contributed by atoms with Gasteiger partial charge in [-0.2, -0.15) is 0 Å². The van der Waals surface area contributed by atoms with E-state index in [0.29, 0.717) is 11.9 Å². The summed E-state index contributed by atoms with van der Waals surface area (Å²) in [7, 11) is 1.70. The smallest absolute Gasteiger partial charge is 0.180 e. The second kappa shape index (κ2) is 5.30. The lowest BCUT2D eigenvalue weighted by Gasteiger charge is -2.34. The zero-order chi connectivity index (χ0) is 14.1. The average molecular weight is 291 g/mol. The summed E-state index contributed by atoms with van der Waals surface area (Å²) in [6.45, 7) is 3.41. The minimum atomic E-state index is 0.151. The van der Waals surface area contributed by atoms with Crippen molar-refractivity contribution < 1.29 is 9.47 Å². The molecule has 5 nitrogen and oxygen atoms in total. The van der Waals surface area contributed by atoms with Gasteiger partial charge in [0.1, 0.15) is 18.6 Å². The van der Waals surface area contributed by atoms with E-state index in [4.69, 9.17) is 15.2 Å². The number of rotatable bonds is 3. The molecule has 0 amide bonds. The van der Waals surface area contributed by atoms with Gasteiger partial charge in [-0.1, -0.05) is 0 Å². The molecule has 2 heterocycles. The number of nitrogen functional groups attached to an aromatic ring is 1. The number of hydrogen-bond donors (Lipinski definition) is 1. The van der Waals surface area contributed by atoms with Gasteiger partial charge in [0, 0.05) is 18.1 Å². The quantitative estimate of drug-likeness (QED) is 0.942. The molecular weight excluding hydrogens is 274 g/mol. The van der Waals surface area contributed by atoms with E-state index in [-0.39, 0.29) is 6.10 Å². The minimum absolute atomic E-state index is 0.151. The van der Waals surface area contributed by atoms with Crippen LogP contribution in [-0.2, 0) is 4.74 Å². The molecule has 1 atom stereocenters. The summed E-state index contributed by atoms with van der Waals surface area (Å²) in [6.07, 6.45) is 0.151. The summed E-state index contributed by atoms with van der Waals surface area (Å²) in [5.74, 6) is 0.882. The Hall–Kier alpha value is -1.79. The number of nitrogens with two attached hydrogens (primary N) is 1. The van der Waals surface area contributed by atoms with E-state index in [1.54, 1.807) is 7.11 Å². The maximum Gasteiger partial charge on any atom is 0.180 e. The minimum Gasteiger partial charge on any atom is -0.487 e. The molecular formula is C14H17N3O2S. The molecule has 1 aliphatic rings. The molecule has 2 aromatic rings. The lowest BCUT2D eigenvalue weighted by Crippen LogP contribution is -2.39. The molecule has 3 rings (SSSR count). The molecule has 1 aromatic heterocycles. The standard InChI is InChI=1S/C14H17N3O2S/c1-9-6-17(8-18-2)12-5-10(3-4-13(12)19-9)11-7-20-14(15)16-11/h3-5,7,9H,6,8H2,1-2H3,(H2,15,16). The van der Waals surface area contributed by atoms with E-state index in [1.165, 1.54) is 11.3 Å². The largest absolute Gasteiger partial charge is 0.487 e. The van der Waals surface area contributed by atoms with Crippen molar-refractivity contribution in [1.29, 1.82) is 0 Å². The Kier molecular flexibility index (Phi) is 3.50. The van der Waals surface area contributed by atoms with E-state index >= 15 is 0 Å². The number of hydrogen-bond acceptors (Lipinski definition) is 6. The summed E-state index contributed by atoms with van der Waals surface area (Å²) in [5.41, 5.74) is 8.67. The van der Waals surface area contributed by atoms with Crippen molar-refractivity contribution in [2.45, 2.75) is 13.0 Å². The number of thiazole rings is 1. The third-order valence-corrected chi connectivity index (χ3v) is 3.88. The highest BCUT2D eigenvalue weighted by Gasteiger charge is 2.23. The fraction of sp³-hybridized carbons (Fsp3) is 0.357. The fourth-order valence-electron chi connectivity index (χ4n) is 2.38. The number of methoxy groups -OCH3 is 1. The van der Waals surface area contributed by atoms with Gasteiger partial charge in [0.2, 0.25) is 0 Å². The number of aromatic nitrogens is 1. The third-order valence-electron chi connectivity index (χ3n) is 3.21. The first-order chi connectivity index (χ1) is 9.67. The molecule has 6 heteroatoms. The van der Waals surface area contributed by atoms with Crippen molar-refractivity contribution >= 4 is 22.2 Å². The molecule has 0 bridgehead atoms. The predicted octanol–water partition coefficient (Wildman–Crippen LogP) is 2.58. The van der Waals surface area contributed by atoms with E-state index in [9.17, 15) is 0 Å². The molecule has 106 valence electrons. The fourth-order valence-corrected chi connectivity index (χ4v) is 2.96. The van der Waals surface area contributed by atoms with Crippen molar-refractivity contribution in [2.24, 2.45) is 0 Å². The Balaban J connectivity index is 1.99. The Labute approximate surface area is 121 Å². The number of nitrogens with zero attached hydrogens (tertiary/aromatic N) is 2. The van der Waals surface area contributed by atoms with Crippen LogP contribution in [0.2, 0.25) is 0 Å². The second-order valence-electron chi connectivity index (χ2n) is 4.82. The molecule has 20 heavy (non-hydrogen) atoms. The first-order valence-electron chi connectivity index (χ1n) is 6.43. The van der Waals surface area contributed by atoms with Crippen LogP contribution in [0.15, 0.2) is 23.6 Å². The maximum absolute atomic E-state index is 5.86. The molecule has 0 fully saturated rings. The summed E-state index contributed by atoms with van der Waals surface area (Å²) < 4.78 is 11.1. The summed E-state index contributed by atoms with van der Waals surface area (Å²) in [6, 6.07) is 6.07. The number of benzene rings is 1. The highest BCUT2D eigenvalue weighted by molar-refractivity contribution is 7.13. The topological polar surface area (TPSA) is 60.6 Å². The first-order valence-corrected chi connectivity index (χ1v) is 7.31. The molecule has 1 aromatic carbocycles. The van der Waals surface area contributed by atoms with Gasteiger partial charge in [-0.3, -0.25) is 0 Å². The SMILES string of the molecule is COCN1CC(C)Oc2ccc(-c3csc(N)n3)cc21. The van der Waals surface area contributed by atoms with Gasteiger partial charge in [0.25, 0.3) is 0 Å². The van der Waals surface area contributed by atoms with Crippen LogP contribution >= 0.6 is 11.3 Å². The third kappa shape index (κ3) is 2.44. The van der Waals surface area contributed by atoms with Gasteiger partial charge in [-0.15, -0.1) is 11.3 Å². The normalized spacial score (nSPS) is 17.7. The van der Waals surface area contributed by atoms with Gasteiger partial charge in [-0.05, 0) is 25.1 Å². The van der Waals surface area contributed by atoms with Crippen LogP contribution in [-0.4, -0.2) is 31.5 Å². The van der Waals surface area contributed by atoms with Crippen LogP contribution < -0.4 is 15.4 Å². The van der Waals surface area contributed by atoms with Gasteiger partial charge in [0.15, 0.2) is 5.13 Å². The van der Waals surface area contributed by atoms with E-state index < -0.39 is 0 Å². The zero-order valence-electron chi connectivity index (χ0n) is 11.5. The van der Waals surface area contributed by atoms with Crippen LogP contribution in [0.1, 0.15) is 6.92 Å². The summed E-state index contributed by atoms with van der Waals surface area (Å²) in [4.78, 5) is 6.49. The van der Waals surface area contributed by atoms with Crippen molar-refractivity contribution in [3.05, 3.63) is 23.6 Å². The van der Waals surface area contributed by atoms with Crippen LogP contribution in [0.4, 0.5) is 10.8 Å². The van der Waals surface area contributed by atoms with Gasteiger partial charge < -0.3 is 20.1 Å². The van der Waals surface area contributed by atoms with Crippen molar-refractivity contribution in [3.63, 3.8) is 0 Å². The molecule has 0 radical (unpaired) electrons. The lowest BCUT2D eigenvalue weighted by atomic mass is 10.1. The average Bonchev–Trinajstić information content (AvgIpc) is 2.85. The van der Waals surface area contributed by atoms with Crippen molar-refractivity contribution in [2.75, 3.05) is 31.0 Å². The van der Waals surface area contributed by atoms with Crippen LogP contribution in [0.25, 0.3) is 11.3 Å². The Morgan fingerprint density at radius 3 is 3.10 bits per heavy atom. The van der Waals surface area contributed by atoms with Crippen molar-refractivity contribution in [1.82, 2.24) is 4.98 Å². The summed E-state index contributed by atoms with van der Waals surface area (Å²) >= 11 is 1.45. The van der Waals surface area contributed by atoms with E-state index in [0.717, 1.165) is 29.2 Å². The monoisotopic (exact) mass is 291 g/mol. The van der Waals surface area contributed by atoms with E-state index in [2.05, 4.69) is 22.9 Å². The zero-order valence-corrected chi connectivity index (χ0v) is 12.3. The van der Waals surface area contributed by atoms with Gasteiger partial charge >= 0.3 is 0 Å². The number of fused-ring (bicyclic) bond motifs is 1. The van der Waals surface area contributed by atoms with Crippen molar-refractivity contribution in [3.8, 4) is 17.0 Å². The maximum atomic E-state index is 5.86. The Bertz CT molecular complexity index is 614. The van der Waals surface area contributed by atoms with Crippen LogP contribution in [0, 0.1) is 0 Å².